The van der Waals surface area contributed by atoms with Crippen LogP contribution in [-0.4, -0.2) is 155 Å². The molecule has 4 unspecified atom stereocenters. The third-order valence-corrected chi connectivity index (χ3v) is 12.0. The number of carboxylic acid groups (broad SMARTS) is 1. The predicted molar refractivity (Wildman–Crippen MR) is 290 cm³/mol. The Kier molecular flexibility index (Phi) is 25.6. The second kappa shape index (κ2) is 32.4. The first-order valence-corrected chi connectivity index (χ1v) is 25.5. The van der Waals surface area contributed by atoms with Gasteiger partial charge in [-0.3, -0.25) is 48.3 Å². The van der Waals surface area contributed by atoms with Gasteiger partial charge in [-0.2, -0.15) is 0 Å². The molecule has 0 radical (unpaired) electrons. The zero-order valence-electron chi connectivity index (χ0n) is 44.0. The zero-order valence-corrected chi connectivity index (χ0v) is 44.0. The fraction of sp³-hybridized carbons (Fsp3) is 0.451. The normalized spacial score (nSPS) is 19.8. The van der Waals surface area contributed by atoms with Crippen molar-refractivity contribution in [1.29, 1.82) is 0 Å². The first kappa shape index (κ1) is 61.5. The number of rotatable bonds is 16. The van der Waals surface area contributed by atoms with Gasteiger partial charge in [-0.1, -0.05) is 55.5 Å². The molecule has 0 saturated carbocycles. The second-order valence-corrected chi connectivity index (χ2v) is 18.2. The number of imidazole rings is 1. The van der Waals surface area contributed by atoms with Gasteiger partial charge in [0.25, 0.3) is 0 Å². The molecule has 0 bridgehead atoms. The lowest BCUT2D eigenvalue weighted by molar-refractivity contribution is -0.142. The molecule has 27 heteroatoms. The number of benzene rings is 2. The number of para-hydroxylation sites is 1. The van der Waals surface area contributed by atoms with Gasteiger partial charge in [0.2, 0.25) is 47.3 Å². The van der Waals surface area contributed by atoms with Crippen molar-refractivity contribution in [1.82, 2.24) is 62.8 Å². The topological polar surface area (TPSA) is 429 Å². The summed E-state index contributed by atoms with van der Waals surface area (Å²) in [6.07, 6.45) is 4.78. The van der Waals surface area contributed by atoms with Crippen LogP contribution in [0.1, 0.15) is 75.6 Å². The standard InChI is InChI=1S/C46H60N14O10.C5H13N3/c1-26(61)55-32(13-7-18-51-46(47)48)41(65)57-33-15-16-38(62)50-17-8-14-34(45(69)70)58-43(67)36(20-28-22-52-31-12-6-5-11-30(28)31)56-39(63)24-53-40(64)35(19-27-9-3-2-4-10-27)59-44(68)37(60-42(33)66)21-29-23-49-25-54-29;1-3-4-8-5(6)7-2/h2-6,9-12,22-23,25,32-37,52H,7-8,13-21,24H2,1H3,(H,49,54)(H,50,62)(H,53,64)(H,55,61)(H,56,63)(H,57,65)(H,58,67)(H,59,68)(H,60,66)(H,69,70)(H4,47,48,51);3-4H2,1-2H3,(H3,6,7,8)/t32?,33?,34?,35?,36-,37-;/m0./s1. The fourth-order valence-electron chi connectivity index (χ4n) is 8.01. The minimum absolute atomic E-state index is 0.0477. The van der Waals surface area contributed by atoms with Gasteiger partial charge in [0.1, 0.15) is 36.3 Å². The molecule has 5 rings (SSSR count). The molecule has 4 aromatic rings. The van der Waals surface area contributed by atoms with Crippen molar-refractivity contribution in [3.05, 3.63) is 90.1 Å². The van der Waals surface area contributed by atoms with Crippen LogP contribution in [0.3, 0.4) is 0 Å². The molecule has 422 valence electrons. The highest BCUT2D eigenvalue weighted by atomic mass is 16.4. The molecule has 1 fully saturated rings. The number of aliphatic carboxylic acids is 1. The summed E-state index contributed by atoms with van der Waals surface area (Å²) >= 11 is 0. The third-order valence-electron chi connectivity index (χ3n) is 12.0. The number of aromatic amines is 2. The highest BCUT2D eigenvalue weighted by Gasteiger charge is 2.33. The van der Waals surface area contributed by atoms with E-state index in [-0.39, 0.29) is 76.8 Å². The maximum Gasteiger partial charge on any atom is 0.326 e. The molecule has 1 saturated heterocycles. The highest BCUT2D eigenvalue weighted by Crippen LogP contribution is 2.19. The van der Waals surface area contributed by atoms with Gasteiger partial charge in [0.05, 0.1) is 12.9 Å². The van der Waals surface area contributed by atoms with Crippen molar-refractivity contribution in [2.24, 2.45) is 27.2 Å². The van der Waals surface area contributed by atoms with Crippen LogP contribution in [0.5, 0.6) is 0 Å². The van der Waals surface area contributed by atoms with Gasteiger partial charge in [-0.05, 0) is 55.7 Å². The van der Waals surface area contributed by atoms with Crippen molar-refractivity contribution in [3.8, 4) is 0 Å². The minimum Gasteiger partial charge on any atom is -0.480 e. The Balaban J connectivity index is 0.00000151. The van der Waals surface area contributed by atoms with Crippen molar-refractivity contribution < 1.29 is 48.3 Å². The first-order chi connectivity index (χ1) is 37.4. The van der Waals surface area contributed by atoms with Gasteiger partial charge >= 0.3 is 5.97 Å². The number of H-pyrrole nitrogens is 2. The number of nitrogens with one attached hydrogen (secondary N) is 11. The molecule has 18 N–H and O–H groups in total. The summed E-state index contributed by atoms with van der Waals surface area (Å²) in [4.78, 5) is 139. The van der Waals surface area contributed by atoms with Crippen LogP contribution >= 0.6 is 0 Å². The van der Waals surface area contributed by atoms with Crippen LogP contribution in [0.25, 0.3) is 10.9 Å². The summed E-state index contributed by atoms with van der Waals surface area (Å²) in [6, 6.07) is 7.75. The Hall–Kier alpha value is -9.04. The number of fused-ring (bicyclic) bond motifs is 1. The molecule has 8 amide bonds. The van der Waals surface area contributed by atoms with Crippen LogP contribution in [-0.2, 0) is 62.4 Å². The van der Waals surface area contributed by atoms with E-state index in [0.717, 1.165) is 23.9 Å². The predicted octanol–water partition coefficient (Wildman–Crippen LogP) is -2.28. The summed E-state index contributed by atoms with van der Waals surface area (Å²) in [7, 11) is 1.66. The number of guanidine groups is 2. The molecule has 2 aromatic heterocycles. The van der Waals surface area contributed by atoms with Crippen LogP contribution in [0.4, 0.5) is 0 Å². The van der Waals surface area contributed by atoms with Crippen LogP contribution < -0.4 is 65.1 Å². The van der Waals surface area contributed by atoms with E-state index in [1.807, 2.05) is 18.2 Å². The van der Waals surface area contributed by atoms with E-state index in [2.05, 4.69) is 79.7 Å². The van der Waals surface area contributed by atoms with Crippen molar-refractivity contribution in [2.45, 2.75) is 114 Å². The van der Waals surface area contributed by atoms with Gasteiger partial charge < -0.3 is 80.1 Å². The Morgan fingerprint density at radius 3 is 2.18 bits per heavy atom. The zero-order chi connectivity index (χ0) is 57.0. The number of hydrogen-bond donors (Lipinski definition) is 15. The number of hydrogen-bond acceptors (Lipinski definition) is 12. The molecule has 1 aliphatic heterocycles. The number of nitrogens with zero attached hydrogens (tertiary/aromatic N) is 3. The number of amides is 8. The summed E-state index contributed by atoms with van der Waals surface area (Å²) < 4.78 is 0. The molecule has 3 heterocycles. The lowest BCUT2D eigenvalue weighted by atomic mass is 10.0. The van der Waals surface area contributed by atoms with Crippen LogP contribution in [0.15, 0.2) is 83.3 Å². The smallest absolute Gasteiger partial charge is 0.326 e. The van der Waals surface area contributed by atoms with Crippen LogP contribution in [0, 0.1) is 0 Å². The van der Waals surface area contributed by atoms with Gasteiger partial charge in [0, 0.05) is 88.3 Å². The maximum absolute atomic E-state index is 14.3. The summed E-state index contributed by atoms with van der Waals surface area (Å²) in [6.45, 7) is 3.60. The molecule has 0 aliphatic carbocycles. The lowest BCUT2D eigenvalue weighted by Crippen LogP contribution is -2.59. The van der Waals surface area contributed by atoms with E-state index in [1.165, 1.54) is 19.4 Å². The van der Waals surface area contributed by atoms with Crippen molar-refractivity contribution in [2.75, 3.05) is 33.2 Å². The van der Waals surface area contributed by atoms with E-state index in [0.29, 0.717) is 22.8 Å². The monoisotopic (exact) mass is 1080 g/mol. The SMILES string of the molecule is CC(=O)NC(CCCN=C(N)N)C(=O)NC1CCC(=O)NCCCC(C(=O)O)NC(=O)[C@H](Cc2c[nH]c3ccccc23)NC(=O)CNC(=O)C(Cc2ccccc2)NC(=O)[C@H](Cc2cnc[nH]2)NC1=O.CCCNC(N)=NC. The van der Waals surface area contributed by atoms with Gasteiger partial charge in [0.15, 0.2) is 11.9 Å². The Morgan fingerprint density at radius 2 is 1.50 bits per heavy atom. The van der Waals surface area contributed by atoms with E-state index < -0.39 is 96.0 Å². The van der Waals surface area contributed by atoms with E-state index in [4.69, 9.17) is 17.2 Å². The Morgan fingerprint density at radius 1 is 0.808 bits per heavy atom. The van der Waals surface area contributed by atoms with Crippen LogP contribution in [0.2, 0.25) is 0 Å². The molecule has 0 spiro atoms. The van der Waals surface area contributed by atoms with E-state index >= 15 is 0 Å². The number of aliphatic imine (C=N–C) groups is 2. The highest BCUT2D eigenvalue weighted by molar-refractivity contribution is 5.97. The molecular weight excluding hydrogens is 1010 g/mol. The van der Waals surface area contributed by atoms with E-state index in [1.54, 1.807) is 49.6 Å². The Bertz CT molecular complexity index is 2690. The maximum atomic E-state index is 14.3. The minimum atomic E-state index is -1.48. The number of aromatic nitrogens is 3. The fourth-order valence-corrected chi connectivity index (χ4v) is 8.01. The molecular formula is C51H73N17O10. The molecule has 2 aromatic carbocycles. The lowest BCUT2D eigenvalue weighted by Gasteiger charge is -2.26. The third kappa shape index (κ3) is 21.7. The average Bonchev–Trinajstić information content (AvgIpc) is 4.10. The van der Waals surface area contributed by atoms with Gasteiger partial charge in [-0.15, -0.1) is 0 Å². The molecule has 27 nitrogen and oxygen atoms in total. The van der Waals surface area contributed by atoms with E-state index in [9.17, 15) is 48.3 Å². The summed E-state index contributed by atoms with van der Waals surface area (Å²) in [5.74, 6) is -7.12. The van der Waals surface area contributed by atoms with Crippen molar-refractivity contribution in [3.63, 3.8) is 0 Å². The molecule has 1 aliphatic rings. The quantitative estimate of drug-likeness (QED) is 0.0319. The molecule has 78 heavy (non-hydrogen) atoms. The Labute approximate surface area is 450 Å². The van der Waals surface area contributed by atoms with Gasteiger partial charge in [-0.25, -0.2) is 9.78 Å². The molecule has 6 atom stereocenters. The van der Waals surface area contributed by atoms with Crippen molar-refractivity contribution >= 4 is 76.0 Å². The first-order valence-electron chi connectivity index (χ1n) is 25.5. The number of carboxylic acids is 1. The largest absolute Gasteiger partial charge is 0.480 e. The average molecular weight is 1080 g/mol. The number of nitrogens with two attached hydrogens (primary N) is 3. The summed E-state index contributed by atoms with van der Waals surface area (Å²) in [5.41, 5.74) is 18.6. The summed E-state index contributed by atoms with van der Waals surface area (Å²) in [5, 5.41) is 34.6. The second-order valence-electron chi connectivity index (χ2n) is 18.2. The number of carbonyl (C=O) groups is 9. The number of carbonyl (C=O) groups excluding carboxylic acids is 8.